The second-order valence-electron chi connectivity index (χ2n) is 6.81. The first-order valence-electron chi connectivity index (χ1n) is 8.32. The highest BCUT2D eigenvalue weighted by Gasteiger charge is 2.47. The van der Waals surface area contributed by atoms with Gasteiger partial charge in [-0.05, 0) is 24.0 Å². The van der Waals surface area contributed by atoms with E-state index in [4.69, 9.17) is 11.6 Å². The molecule has 4 rings (SSSR count). The summed E-state index contributed by atoms with van der Waals surface area (Å²) in [6, 6.07) is 8.45. The SMILES string of the molecule is Cc1ccccc1[C@@H]1[C@H]2CNC[C@H]2CN1C(=O)c1c(Cl)cnn1C. The number of hydrogen-bond acceptors (Lipinski definition) is 3. The Balaban J connectivity index is 1.76. The molecule has 2 aromatic rings. The van der Waals surface area contributed by atoms with E-state index >= 15 is 0 Å². The zero-order valence-electron chi connectivity index (χ0n) is 13.9. The summed E-state index contributed by atoms with van der Waals surface area (Å²) in [5.41, 5.74) is 2.94. The van der Waals surface area contributed by atoms with Crippen LogP contribution in [0.1, 0.15) is 27.7 Å². The van der Waals surface area contributed by atoms with Crippen LogP contribution in [0.5, 0.6) is 0 Å². The number of benzene rings is 1. The molecule has 6 heteroatoms. The summed E-state index contributed by atoms with van der Waals surface area (Å²) in [5, 5.41) is 8.02. The predicted molar refractivity (Wildman–Crippen MR) is 93.0 cm³/mol. The van der Waals surface area contributed by atoms with E-state index in [0.717, 1.165) is 19.6 Å². The van der Waals surface area contributed by atoms with Gasteiger partial charge in [0, 0.05) is 32.6 Å². The number of aryl methyl sites for hydroxylation is 2. The number of aromatic nitrogens is 2. The number of hydrogen-bond donors (Lipinski definition) is 1. The Labute approximate surface area is 146 Å². The Bertz CT molecular complexity index is 768. The summed E-state index contributed by atoms with van der Waals surface area (Å²) in [5.74, 6) is 0.912. The van der Waals surface area contributed by atoms with Crippen molar-refractivity contribution in [3.05, 3.63) is 52.3 Å². The second kappa shape index (κ2) is 5.90. The first-order valence-corrected chi connectivity index (χ1v) is 8.70. The molecule has 126 valence electrons. The van der Waals surface area contributed by atoms with Crippen LogP contribution in [0.2, 0.25) is 5.02 Å². The number of likely N-dealkylation sites (tertiary alicyclic amines) is 1. The third-order valence-electron chi connectivity index (χ3n) is 5.43. The lowest BCUT2D eigenvalue weighted by atomic mass is 9.87. The molecule has 0 saturated carbocycles. The third kappa shape index (κ3) is 2.34. The highest BCUT2D eigenvalue weighted by Crippen LogP contribution is 2.44. The van der Waals surface area contributed by atoms with Crippen molar-refractivity contribution in [2.45, 2.75) is 13.0 Å². The first-order chi connectivity index (χ1) is 11.6. The summed E-state index contributed by atoms with van der Waals surface area (Å²) in [6.07, 6.45) is 1.54. The molecular weight excluding hydrogens is 324 g/mol. The quantitative estimate of drug-likeness (QED) is 0.910. The van der Waals surface area contributed by atoms with Crippen molar-refractivity contribution in [3.8, 4) is 0 Å². The largest absolute Gasteiger partial charge is 0.330 e. The van der Waals surface area contributed by atoms with Gasteiger partial charge < -0.3 is 10.2 Å². The molecule has 0 radical (unpaired) electrons. The minimum Gasteiger partial charge on any atom is -0.330 e. The number of amides is 1. The van der Waals surface area contributed by atoms with Crippen molar-refractivity contribution < 1.29 is 4.79 Å². The van der Waals surface area contributed by atoms with Crippen molar-refractivity contribution in [2.24, 2.45) is 18.9 Å². The molecule has 3 heterocycles. The summed E-state index contributed by atoms with van der Waals surface area (Å²) in [6.45, 7) is 4.80. The van der Waals surface area contributed by atoms with E-state index in [1.165, 1.54) is 17.3 Å². The Morgan fingerprint density at radius 1 is 1.33 bits per heavy atom. The molecule has 1 amide bonds. The Morgan fingerprint density at radius 3 is 2.83 bits per heavy atom. The summed E-state index contributed by atoms with van der Waals surface area (Å²) >= 11 is 6.22. The average Bonchev–Trinajstić information content (AvgIpc) is 3.22. The van der Waals surface area contributed by atoms with Crippen LogP contribution in [-0.4, -0.2) is 40.2 Å². The Morgan fingerprint density at radius 2 is 2.12 bits per heavy atom. The number of carbonyl (C=O) groups is 1. The molecule has 1 N–H and O–H groups in total. The Hall–Kier alpha value is -1.85. The number of nitrogens with one attached hydrogen (secondary N) is 1. The van der Waals surface area contributed by atoms with E-state index in [2.05, 4.69) is 35.5 Å². The molecule has 0 spiro atoms. The van der Waals surface area contributed by atoms with Crippen molar-refractivity contribution in [1.82, 2.24) is 20.0 Å². The molecule has 5 nitrogen and oxygen atoms in total. The minimum absolute atomic E-state index is 0.0253. The van der Waals surface area contributed by atoms with Crippen LogP contribution in [0, 0.1) is 18.8 Å². The van der Waals surface area contributed by atoms with Gasteiger partial charge >= 0.3 is 0 Å². The van der Waals surface area contributed by atoms with E-state index in [-0.39, 0.29) is 11.9 Å². The predicted octanol–water partition coefficient (Wildman–Crippen LogP) is 2.41. The number of fused-ring (bicyclic) bond motifs is 1. The van der Waals surface area contributed by atoms with Gasteiger partial charge in [-0.2, -0.15) is 5.10 Å². The van der Waals surface area contributed by atoms with E-state index in [0.29, 0.717) is 22.6 Å². The van der Waals surface area contributed by atoms with Crippen LogP contribution in [-0.2, 0) is 7.05 Å². The first kappa shape index (κ1) is 15.7. The summed E-state index contributed by atoms with van der Waals surface area (Å²) < 4.78 is 1.58. The van der Waals surface area contributed by atoms with Gasteiger partial charge in [0.1, 0.15) is 5.69 Å². The van der Waals surface area contributed by atoms with E-state index in [9.17, 15) is 4.79 Å². The maximum atomic E-state index is 13.2. The molecule has 2 saturated heterocycles. The van der Waals surface area contributed by atoms with Gasteiger partial charge in [-0.25, -0.2) is 0 Å². The maximum Gasteiger partial charge on any atom is 0.274 e. The monoisotopic (exact) mass is 344 g/mol. The van der Waals surface area contributed by atoms with Gasteiger partial charge in [0.15, 0.2) is 0 Å². The molecule has 2 aliphatic heterocycles. The van der Waals surface area contributed by atoms with E-state index in [1.807, 2.05) is 11.0 Å². The maximum absolute atomic E-state index is 13.2. The van der Waals surface area contributed by atoms with Gasteiger partial charge in [-0.1, -0.05) is 35.9 Å². The topological polar surface area (TPSA) is 50.2 Å². The molecule has 0 bridgehead atoms. The van der Waals surface area contributed by atoms with Gasteiger partial charge in [-0.15, -0.1) is 0 Å². The van der Waals surface area contributed by atoms with Crippen LogP contribution < -0.4 is 5.32 Å². The fourth-order valence-corrected chi connectivity index (χ4v) is 4.48. The zero-order valence-corrected chi connectivity index (χ0v) is 14.6. The highest BCUT2D eigenvalue weighted by atomic mass is 35.5. The molecular formula is C18H21ClN4O. The van der Waals surface area contributed by atoms with Gasteiger partial charge in [0.25, 0.3) is 5.91 Å². The fraction of sp³-hybridized carbons (Fsp3) is 0.444. The number of rotatable bonds is 2. The second-order valence-corrected chi connectivity index (χ2v) is 7.21. The van der Waals surface area contributed by atoms with E-state index < -0.39 is 0 Å². The van der Waals surface area contributed by atoms with Crippen LogP contribution in [0.15, 0.2) is 30.5 Å². The van der Waals surface area contributed by atoms with Crippen LogP contribution in [0.4, 0.5) is 0 Å². The molecule has 0 aliphatic carbocycles. The Kier molecular flexibility index (Phi) is 3.85. The summed E-state index contributed by atoms with van der Waals surface area (Å²) in [7, 11) is 1.76. The molecule has 1 aromatic carbocycles. The number of halogens is 1. The van der Waals surface area contributed by atoms with Crippen molar-refractivity contribution in [3.63, 3.8) is 0 Å². The lowest BCUT2D eigenvalue weighted by molar-refractivity contribution is 0.0702. The standard InChI is InChI=1S/C18H21ClN4O/c1-11-5-3-4-6-13(11)16-14-8-20-7-12(14)10-23(16)18(24)17-15(19)9-21-22(17)2/h3-6,9,12,14,16,20H,7-8,10H2,1-2H3/t12-,14-,16+/m0/s1. The number of nitrogens with zero attached hydrogens (tertiary/aromatic N) is 3. The smallest absolute Gasteiger partial charge is 0.274 e. The molecule has 0 unspecified atom stereocenters. The van der Waals surface area contributed by atoms with E-state index in [1.54, 1.807) is 11.7 Å². The minimum atomic E-state index is -0.0253. The van der Waals surface area contributed by atoms with Crippen molar-refractivity contribution in [1.29, 1.82) is 0 Å². The van der Waals surface area contributed by atoms with Gasteiger partial charge in [0.05, 0.1) is 17.3 Å². The average molecular weight is 345 g/mol. The fourth-order valence-electron chi connectivity index (χ4n) is 4.23. The summed E-state index contributed by atoms with van der Waals surface area (Å²) in [4.78, 5) is 15.2. The molecule has 2 fully saturated rings. The zero-order chi connectivity index (χ0) is 16.8. The molecule has 1 aromatic heterocycles. The lowest BCUT2D eigenvalue weighted by Crippen LogP contribution is -2.36. The number of carbonyl (C=O) groups excluding carboxylic acids is 1. The van der Waals surface area contributed by atoms with Crippen LogP contribution in [0.3, 0.4) is 0 Å². The molecule has 3 atom stereocenters. The van der Waals surface area contributed by atoms with Gasteiger partial charge in [0.2, 0.25) is 0 Å². The van der Waals surface area contributed by atoms with Crippen LogP contribution >= 0.6 is 11.6 Å². The van der Waals surface area contributed by atoms with Crippen molar-refractivity contribution in [2.75, 3.05) is 19.6 Å². The molecule has 24 heavy (non-hydrogen) atoms. The van der Waals surface area contributed by atoms with Gasteiger partial charge in [-0.3, -0.25) is 9.48 Å². The lowest BCUT2D eigenvalue weighted by Gasteiger charge is -2.29. The molecule has 2 aliphatic rings. The highest BCUT2D eigenvalue weighted by molar-refractivity contribution is 6.33. The van der Waals surface area contributed by atoms with Crippen molar-refractivity contribution >= 4 is 17.5 Å². The normalized spacial score (nSPS) is 26.0. The third-order valence-corrected chi connectivity index (χ3v) is 5.71. The van der Waals surface area contributed by atoms with Crippen LogP contribution in [0.25, 0.3) is 0 Å².